The van der Waals surface area contributed by atoms with Gasteiger partial charge in [0, 0.05) is 5.56 Å². The minimum absolute atomic E-state index is 0.0791. The minimum Gasteiger partial charge on any atom is -0.465 e. The van der Waals surface area contributed by atoms with E-state index in [1.54, 1.807) is 18.2 Å². The number of methoxy groups -OCH3 is 2. The van der Waals surface area contributed by atoms with E-state index in [1.807, 2.05) is 48.6 Å². The maximum absolute atomic E-state index is 12.0. The van der Waals surface area contributed by atoms with Crippen molar-refractivity contribution in [2.75, 3.05) is 14.2 Å². The summed E-state index contributed by atoms with van der Waals surface area (Å²) in [5.74, 6) is 0.0902. The van der Waals surface area contributed by atoms with Gasteiger partial charge in [0.05, 0.1) is 25.3 Å². The summed E-state index contributed by atoms with van der Waals surface area (Å²) in [7, 11) is 2.55. The lowest BCUT2D eigenvalue weighted by atomic mass is 10.0. The average molecular weight is 424 g/mol. The second kappa shape index (κ2) is 10.1. The third-order valence-corrected chi connectivity index (χ3v) is 5.05. The summed E-state index contributed by atoms with van der Waals surface area (Å²) in [5, 5.41) is 12.5. The molecule has 0 spiro atoms. The number of aliphatic hydroxyl groups excluding tert-OH is 1. The van der Waals surface area contributed by atoms with Gasteiger partial charge in [-0.3, -0.25) is 0 Å². The average Bonchev–Trinajstić information content (AvgIpc) is 3.30. The van der Waals surface area contributed by atoms with Gasteiger partial charge >= 0.3 is 11.9 Å². The number of furan rings is 1. The lowest BCUT2D eigenvalue weighted by molar-refractivity contribution is -0.710. The molecule has 0 unspecified atom stereocenters. The first-order chi connectivity index (χ1) is 14.9. The Morgan fingerprint density at radius 3 is 2.16 bits per heavy atom. The number of rotatable bonds is 8. The second-order valence-corrected chi connectivity index (χ2v) is 7.20. The number of aliphatic hydroxyl groups is 1. The molecular weight excluding hydrogens is 398 g/mol. The molecule has 7 heteroatoms. The lowest BCUT2D eigenvalue weighted by Gasteiger charge is -2.17. The summed E-state index contributed by atoms with van der Waals surface area (Å²) in [5.41, 5.74) is 1.88. The number of ether oxygens (including phenoxy) is 2. The molecule has 162 valence electrons. The standard InChI is InChI=1S/C24H25NO6/c1-15(22(26)16-7-5-4-6-8-16)25-14-20-9-10-21(31-20)17-11-18(23(27)29-2)13-19(12-17)24(28)30-3/h4-13,15,22,25-26H,14H2,1-3H3/p+1/t15-,22-/m0/s1. The van der Waals surface area contributed by atoms with E-state index in [1.165, 1.54) is 20.3 Å². The molecule has 31 heavy (non-hydrogen) atoms. The van der Waals surface area contributed by atoms with Gasteiger partial charge in [0.15, 0.2) is 5.76 Å². The van der Waals surface area contributed by atoms with Crippen molar-refractivity contribution in [2.45, 2.75) is 25.6 Å². The predicted octanol–water partition coefficient (Wildman–Crippen LogP) is 2.71. The van der Waals surface area contributed by atoms with E-state index in [0.717, 1.165) is 5.56 Å². The molecule has 3 aromatic rings. The first-order valence-electron chi connectivity index (χ1n) is 9.90. The fourth-order valence-electron chi connectivity index (χ4n) is 3.27. The van der Waals surface area contributed by atoms with E-state index in [2.05, 4.69) is 0 Å². The molecule has 7 nitrogen and oxygen atoms in total. The van der Waals surface area contributed by atoms with Crippen molar-refractivity contribution in [3.8, 4) is 11.3 Å². The molecule has 3 rings (SSSR count). The SMILES string of the molecule is COC(=O)c1cc(C(=O)OC)cc(-c2ccc(C[NH2+][C@@H](C)[C@H](O)c3ccccc3)o2)c1. The Morgan fingerprint density at radius 2 is 1.58 bits per heavy atom. The lowest BCUT2D eigenvalue weighted by Crippen LogP contribution is -2.88. The Hall–Kier alpha value is -3.42. The molecule has 0 fully saturated rings. The van der Waals surface area contributed by atoms with Crippen LogP contribution in [0.25, 0.3) is 11.3 Å². The Kier molecular flexibility index (Phi) is 7.23. The van der Waals surface area contributed by atoms with Crippen molar-refractivity contribution >= 4 is 11.9 Å². The van der Waals surface area contributed by atoms with E-state index >= 15 is 0 Å². The van der Waals surface area contributed by atoms with Crippen LogP contribution >= 0.6 is 0 Å². The summed E-state index contributed by atoms with van der Waals surface area (Å²) in [6.07, 6.45) is -0.602. The normalized spacial score (nSPS) is 12.8. The van der Waals surface area contributed by atoms with Crippen LogP contribution in [0.5, 0.6) is 0 Å². The van der Waals surface area contributed by atoms with Crippen LogP contribution in [-0.4, -0.2) is 37.3 Å². The van der Waals surface area contributed by atoms with Crippen LogP contribution in [0, 0.1) is 0 Å². The molecule has 0 amide bonds. The van der Waals surface area contributed by atoms with E-state index in [4.69, 9.17) is 13.9 Å². The zero-order valence-corrected chi connectivity index (χ0v) is 17.7. The van der Waals surface area contributed by atoms with Crippen molar-refractivity contribution in [2.24, 2.45) is 0 Å². The summed E-state index contributed by atoms with van der Waals surface area (Å²) < 4.78 is 15.5. The number of quaternary nitrogens is 1. The molecule has 0 aliphatic rings. The van der Waals surface area contributed by atoms with Gasteiger partial charge in [-0.1, -0.05) is 30.3 Å². The molecule has 1 heterocycles. The molecule has 0 aliphatic carbocycles. The summed E-state index contributed by atoms with van der Waals surface area (Å²) in [4.78, 5) is 24.0. The number of hydrogen-bond acceptors (Lipinski definition) is 6. The van der Waals surface area contributed by atoms with Gasteiger partial charge < -0.3 is 24.3 Å². The van der Waals surface area contributed by atoms with Gasteiger partial charge in [-0.25, -0.2) is 9.59 Å². The first-order valence-corrected chi connectivity index (χ1v) is 9.90. The predicted molar refractivity (Wildman–Crippen MR) is 113 cm³/mol. The number of hydrogen-bond donors (Lipinski definition) is 2. The molecule has 0 aliphatic heterocycles. The van der Waals surface area contributed by atoms with Gasteiger partial charge in [-0.2, -0.15) is 0 Å². The third-order valence-electron chi connectivity index (χ3n) is 5.05. The highest BCUT2D eigenvalue weighted by Gasteiger charge is 2.20. The van der Waals surface area contributed by atoms with E-state index in [9.17, 15) is 14.7 Å². The summed E-state index contributed by atoms with van der Waals surface area (Å²) in [6.45, 7) is 2.47. The fraction of sp³-hybridized carbons (Fsp3) is 0.250. The Balaban J connectivity index is 1.75. The molecule has 0 saturated heterocycles. The Bertz CT molecular complexity index is 1010. The number of carbonyl (C=O) groups is 2. The highest BCUT2D eigenvalue weighted by Crippen LogP contribution is 2.25. The van der Waals surface area contributed by atoms with Crippen molar-refractivity contribution in [3.63, 3.8) is 0 Å². The zero-order valence-electron chi connectivity index (χ0n) is 17.7. The molecule has 1 aromatic heterocycles. The van der Waals surface area contributed by atoms with Crippen molar-refractivity contribution in [1.29, 1.82) is 0 Å². The minimum atomic E-state index is -0.602. The van der Waals surface area contributed by atoms with Gasteiger partial charge in [0.25, 0.3) is 0 Å². The quantitative estimate of drug-likeness (QED) is 0.539. The number of esters is 2. The topological polar surface area (TPSA) is 103 Å². The van der Waals surface area contributed by atoms with Crippen molar-refractivity contribution in [1.82, 2.24) is 0 Å². The molecule has 3 N–H and O–H groups in total. The monoisotopic (exact) mass is 424 g/mol. The van der Waals surface area contributed by atoms with Crippen LogP contribution in [0.15, 0.2) is 65.1 Å². The molecular formula is C24H26NO6+. The smallest absolute Gasteiger partial charge is 0.337 e. The maximum Gasteiger partial charge on any atom is 0.337 e. The highest BCUT2D eigenvalue weighted by molar-refractivity contribution is 5.97. The molecule has 0 saturated carbocycles. The van der Waals surface area contributed by atoms with Crippen LogP contribution in [0.4, 0.5) is 0 Å². The van der Waals surface area contributed by atoms with Gasteiger partial charge in [-0.05, 0) is 42.8 Å². The van der Waals surface area contributed by atoms with Crippen LogP contribution in [0.3, 0.4) is 0 Å². The summed E-state index contributed by atoms with van der Waals surface area (Å²) >= 11 is 0. The van der Waals surface area contributed by atoms with E-state index in [0.29, 0.717) is 23.6 Å². The first kappa shape index (κ1) is 22.3. The highest BCUT2D eigenvalue weighted by atomic mass is 16.5. The van der Waals surface area contributed by atoms with E-state index < -0.39 is 18.0 Å². The number of benzene rings is 2. The number of carbonyl (C=O) groups excluding carboxylic acids is 2. The summed E-state index contributed by atoms with van der Waals surface area (Å²) in [6, 6.07) is 17.7. The Morgan fingerprint density at radius 1 is 0.968 bits per heavy atom. The van der Waals surface area contributed by atoms with Gasteiger partial charge in [-0.15, -0.1) is 0 Å². The third kappa shape index (κ3) is 5.39. The van der Waals surface area contributed by atoms with Crippen LogP contribution in [0.1, 0.15) is 45.1 Å². The van der Waals surface area contributed by atoms with Crippen molar-refractivity contribution in [3.05, 3.63) is 83.1 Å². The Labute approximate surface area is 180 Å². The second-order valence-electron chi connectivity index (χ2n) is 7.20. The molecule has 0 bridgehead atoms. The maximum atomic E-state index is 12.0. The largest absolute Gasteiger partial charge is 0.465 e. The van der Waals surface area contributed by atoms with Crippen LogP contribution in [0.2, 0.25) is 0 Å². The zero-order chi connectivity index (χ0) is 22.4. The van der Waals surface area contributed by atoms with Crippen LogP contribution in [-0.2, 0) is 16.0 Å². The van der Waals surface area contributed by atoms with Gasteiger partial charge in [0.2, 0.25) is 0 Å². The molecule has 2 atom stereocenters. The van der Waals surface area contributed by atoms with Crippen LogP contribution < -0.4 is 5.32 Å². The van der Waals surface area contributed by atoms with E-state index in [-0.39, 0.29) is 17.2 Å². The van der Waals surface area contributed by atoms with Gasteiger partial charge in [0.1, 0.15) is 24.5 Å². The molecule has 2 aromatic carbocycles. The fourth-order valence-corrected chi connectivity index (χ4v) is 3.27. The van der Waals surface area contributed by atoms with Crippen molar-refractivity contribution < 1.29 is 33.9 Å². The number of nitrogens with two attached hydrogens (primary N) is 1. The molecule has 0 radical (unpaired) electrons.